The van der Waals surface area contributed by atoms with Crippen LogP contribution in [0.1, 0.15) is 48.8 Å². The molecule has 0 aliphatic heterocycles. The third kappa shape index (κ3) is 8.66. The van der Waals surface area contributed by atoms with Crippen molar-refractivity contribution in [2.75, 3.05) is 13.7 Å². The van der Waals surface area contributed by atoms with Crippen molar-refractivity contribution in [3.05, 3.63) is 88.0 Å². The second-order valence-corrected chi connectivity index (χ2v) is 10.6. The molecule has 0 radical (unpaired) electrons. The van der Waals surface area contributed by atoms with Crippen LogP contribution in [0.25, 0.3) is 11.0 Å². The first-order valence-electron chi connectivity index (χ1n) is 13.3. The summed E-state index contributed by atoms with van der Waals surface area (Å²) in [5, 5.41) is 12.0. The fourth-order valence-electron chi connectivity index (χ4n) is 4.19. The lowest BCUT2D eigenvalue weighted by Crippen LogP contribution is -2.42. The molecular formula is C30H34N4O7. The number of carbonyl (C=O) groups excluding carboxylic acids is 2. The molecule has 1 atom stereocenters. The molecule has 41 heavy (non-hydrogen) atoms. The van der Waals surface area contributed by atoms with E-state index in [1.165, 1.54) is 13.2 Å². The number of nitrogens with zero attached hydrogens (tertiary/aromatic N) is 3. The second kappa shape index (κ2) is 13.1. The summed E-state index contributed by atoms with van der Waals surface area (Å²) >= 11 is 0. The zero-order valence-electron chi connectivity index (χ0n) is 23.6. The van der Waals surface area contributed by atoms with Gasteiger partial charge in [0.1, 0.15) is 22.5 Å². The van der Waals surface area contributed by atoms with E-state index in [0.717, 1.165) is 11.3 Å². The number of nitrogens with one attached hydrogen (secondary N) is 1. The highest BCUT2D eigenvalue weighted by atomic mass is 16.6. The van der Waals surface area contributed by atoms with Crippen molar-refractivity contribution in [3.8, 4) is 5.75 Å². The van der Waals surface area contributed by atoms with Gasteiger partial charge < -0.3 is 23.9 Å². The number of amides is 1. The Kier molecular flexibility index (Phi) is 9.38. The summed E-state index contributed by atoms with van der Waals surface area (Å²) in [6, 6.07) is 16.1. The zero-order chi connectivity index (χ0) is 29.4. The van der Waals surface area contributed by atoms with Gasteiger partial charge in [0.15, 0.2) is 0 Å². The van der Waals surface area contributed by atoms with E-state index in [4.69, 9.17) is 13.9 Å². The SMILES string of the molecule is COC(=O)c1cc2cc(OCCCc3cn(C[C@H](Cc4ccccc4)NC(=O)OC(C)(C)C)nn3)ccc2oc1=O. The van der Waals surface area contributed by atoms with Crippen LogP contribution in [0.5, 0.6) is 5.75 Å². The van der Waals surface area contributed by atoms with Gasteiger partial charge in [-0.15, -0.1) is 5.10 Å². The number of benzene rings is 2. The van der Waals surface area contributed by atoms with E-state index < -0.39 is 23.3 Å². The van der Waals surface area contributed by atoms with E-state index in [2.05, 4.69) is 20.4 Å². The van der Waals surface area contributed by atoms with Gasteiger partial charge in [-0.25, -0.2) is 14.4 Å². The average molecular weight is 563 g/mol. The predicted molar refractivity (Wildman–Crippen MR) is 151 cm³/mol. The first kappa shape index (κ1) is 29.3. The van der Waals surface area contributed by atoms with Gasteiger partial charge in [0, 0.05) is 11.6 Å². The van der Waals surface area contributed by atoms with E-state index in [-0.39, 0.29) is 11.6 Å². The maximum atomic E-state index is 12.5. The van der Waals surface area contributed by atoms with Crippen molar-refractivity contribution < 1.29 is 28.2 Å². The van der Waals surface area contributed by atoms with Gasteiger partial charge in [-0.3, -0.25) is 4.68 Å². The van der Waals surface area contributed by atoms with Crippen LogP contribution >= 0.6 is 0 Å². The lowest BCUT2D eigenvalue weighted by molar-refractivity contribution is 0.0497. The van der Waals surface area contributed by atoms with Crippen LogP contribution in [-0.4, -0.2) is 52.4 Å². The Morgan fingerprint density at radius 3 is 2.61 bits per heavy atom. The van der Waals surface area contributed by atoms with Crippen molar-refractivity contribution in [1.82, 2.24) is 20.3 Å². The molecule has 11 nitrogen and oxygen atoms in total. The number of ether oxygens (including phenoxy) is 3. The Labute approximate surface area is 237 Å². The quantitative estimate of drug-likeness (QED) is 0.161. The van der Waals surface area contributed by atoms with E-state index in [9.17, 15) is 14.4 Å². The molecule has 0 bridgehead atoms. The van der Waals surface area contributed by atoms with Crippen molar-refractivity contribution in [2.45, 2.75) is 58.2 Å². The number of fused-ring (bicyclic) bond motifs is 1. The number of aromatic nitrogens is 3. The number of aryl methyl sites for hydroxylation is 1. The normalized spacial score (nSPS) is 12.1. The van der Waals surface area contributed by atoms with Crippen LogP contribution in [0.15, 0.2) is 70.0 Å². The summed E-state index contributed by atoms with van der Waals surface area (Å²) in [5.41, 5.74) is 0.707. The molecule has 0 spiro atoms. The summed E-state index contributed by atoms with van der Waals surface area (Å²) < 4.78 is 22.9. The molecule has 0 aliphatic carbocycles. The van der Waals surface area contributed by atoms with E-state index in [1.807, 2.05) is 57.3 Å². The van der Waals surface area contributed by atoms with Crippen molar-refractivity contribution in [3.63, 3.8) is 0 Å². The number of carbonyl (C=O) groups is 2. The molecule has 1 N–H and O–H groups in total. The van der Waals surface area contributed by atoms with Crippen LogP contribution in [0, 0.1) is 0 Å². The summed E-state index contributed by atoms with van der Waals surface area (Å²) in [6.45, 7) is 6.32. The van der Waals surface area contributed by atoms with Gasteiger partial charge >= 0.3 is 17.7 Å². The van der Waals surface area contributed by atoms with Crippen molar-refractivity contribution in [2.24, 2.45) is 0 Å². The number of methoxy groups -OCH3 is 1. The van der Waals surface area contributed by atoms with Gasteiger partial charge in [0.25, 0.3) is 0 Å². The molecule has 2 aromatic carbocycles. The van der Waals surface area contributed by atoms with Gasteiger partial charge in [-0.2, -0.15) is 0 Å². The number of hydrogen-bond acceptors (Lipinski definition) is 9. The molecule has 216 valence electrons. The van der Waals surface area contributed by atoms with Crippen LogP contribution < -0.4 is 15.7 Å². The number of rotatable bonds is 11. The Morgan fingerprint density at radius 1 is 1.10 bits per heavy atom. The van der Waals surface area contributed by atoms with Crippen LogP contribution in [-0.2, 0) is 28.9 Å². The number of esters is 1. The third-order valence-electron chi connectivity index (χ3n) is 5.99. The molecule has 1 amide bonds. The molecule has 0 saturated carbocycles. The topological polar surface area (TPSA) is 135 Å². The first-order valence-corrected chi connectivity index (χ1v) is 13.3. The molecule has 4 rings (SSSR count). The molecule has 0 saturated heterocycles. The van der Waals surface area contributed by atoms with Gasteiger partial charge in [-0.1, -0.05) is 35.5 Å². The third-order valence-corrected chi connectivity index (χ3v) is 5.99. The molecule has 0 aliphatic rings. The summed E-state index contributed by atoms with van der Waals surface area (Å²) in [4.78, 5) is 36.2. The Bertz CT molecular complexity index is 1540. The number of alkyl carbamates (subject to hydrolysis) is 1. The largest absolute Gasteiger partial charge is 0.494 e. The van der Waals surface area contributed by atoms with E-state index in [0.29, 0.717) is 49.1 Å². The Morgan fingerprint density at radius 2 is 1.88 bits per heavy atom. The maximum absolute atomic E-state index is 12.5. The molecule has 0 fully saturated rings. The highest BCUT2D eigenvalue weighted by Gasteiger charge is 2.21. The van der Waals surface area contributed by atoms with Crippen LogP contribution in [0.4, 0.5) is 4.79 Å². The standard InChI is InChI=1S/C30H34N4O7/c1-30(2,3)41-29(37)31-23(15-20-9-6-5-7-10-20)19-34-18-22(32-33-34)11-8-14-39-24-12-13-26-21(16-24)17-25(27(35)38-4)28(36)40-26/h5-7,9-10,12-13,16-18,23H,8,11,14-15,19H2,1-4H3,(H,31,37)/t23-/m0/s1. The molecular weight excluding hydrogens is 528 g/mol. The molecule has 2 heterocycles. The minimum Gasteiger partial charge on any atom is -0.494 e. The second-order valence-electron chi connectivity index (χ2n) is 10.6. The molecule has 0 unspecified atom stereocenters. The highest BCUT2D eigenvalue weighted by molar-refractivity contribution is 5.93. The van der Waals surface area contributed by atoms with Crippen LogP contribution in [0.3, 0.4) is 0 Å². The van der Waals surface area contributed by atoms with E-state index >= 15 is 0 Å². The first-order chi connectivity index (χ1) is 19.6. The van der Waals surface area contributed by atoms with E-state index in [1.54, 1.807) is 22.9 Å². The maximum Gasteiger partial charge on any atom is 0.407 e. The number of hydrogen-bond donors (Lipinski definition) is 1. The van der Waals surface area contributed by atoms with Gasteiger partial charge in [0.05, 0.1) is 32.0 Å². The lowest BCUT2D eigenvalue weighted by atomic mass is 10.1. The predicted octanol–water partition coefficient (Wildman–Crippen LogP) is 4.32. The molecule has 2 aromatic heterocycles. The van der Waals surface area contributed by atoms with Crippen molar-refractivity contribution >= 4 is 23.0 Å². The van der Waals surface area contributed by atoms with Gasteiger partial charge in [0.2, 0.25) is 0 Å². The minimum atomic E-state index is -0.757. The lowest BCUT2D eigenvalue weighted by Gasteiger charge is -2.23. The zero-order valence-corrected chi connectivity index (χ0v) is 23.6. The van der Waals surface area contributed by atoms with Gasteiger partial charge in [-0.05, 0) is 69.9 Å². The highest BCUT2D eigenvalue weighted by Crippen LogP contribution is 2.21. The molecule has 4 aromatic rings. The van der Waals surface area contributed by atoms with Crippen LogP contribution in [0.2, 0.25) is 0 Å². The minimum absolute atomic E-state index is 0.174. The Balaban J connectivity index is 1.32. The fourth-order valence-corrected chi connectivity index (χ4v) is 4.19. The summed E-state index contributed by atoms with van der Waals surface area (Å²) in [6.07, 6.45) is 3.31. The average Bonchev–Trinajstić information content (AvgIpc) is 3.36. The van der Waals surface area contributed by atoms with Crippen molar-refractivity contribution in [1.29, 1.82) is 0 Å². The monoisotopic (exact) mass is 562 g/mol. The Hall–Kier alpha value is -4.67. The summed E-state index contributed by atoms with van der Waals surface area (Å²) in [5.74, 6) is -0.185. The fraction of sp³-hybridized carbons (Fsp3) is 0.367. The smallest absolute Gasteiger partial charge is 0.407 e. The molecule has 11 heteroatoms. The summed E-state index contributed by atoms with van der Waals surface area (Å²) in [7, 11) is 1.20.